The predicted octanol–water partition coefficient (Wildman–Crippen LogP) is 2.94. The Kier molecular flexibility index (Phi) is 4.12. The zero-order valence-corrected chi connectivity index (χ0v) is 11.9. The maximum Gasteiger partial charge on any atom is 0.157 e. The van der Waals surface area contributed by atoms with E-state index >= 15 is 0 Å². The van der Waals surface area contributed by atoms with E-state index in [-0.39, 0.29) is 0 Å². The van der Waals surface area contributed by atoms with Crippen LogP contribution in [-0.2, 0) is 9.47 Å². The summed E-state index contributed by atoms with van der Waals surface area (Å²) in [6.07, 6.45) is 9.87. The lowest BCUT2D eigenvalue weighted by Crippen LogP contribution is -2.24. The maximum atomic E-state index is 5.70. The average molecular weight is 263 g/mol. The van der Waals surface area contributed by atoms with Crippen molar-refractivity contribution in [1.29, 1.82) is 0 Å². The molecule has 2 fully saturated rings. The van der Waals surface area contributed by atoms with Crippen LogP contribution < -0.4 is 0 Å². The summed E-state index contributed by atoms with van der Waals surface area (Å²) in [6, 6.07) is 0. The normalized spacial score (nSPS) is 31.0. The van der Waals surface area contributed by atoms with Gasteiger partial charge in [-0.05, 0) is 69.3 Å². The molecule has 2 atom stereocenters. The van der Waals surface area contributed by atoms with Gasteiger partial charge in [-0.15, -0.1) is 0 Å². The van der Waals surface area contributed by atoms with Gasteiger partial charge in [-0.1, -0.05) is 6.92 Å². The minimum absolute atomic E-state index is 0.569. The maximum absolute atomic E-state index is 5.70. The lowest BCUT2D eigenvalue weighted by atomic mass is 9.85. The van der Waals surface area contributed by atoms with Gasteiger partial charge in [-0.2, -0.15) is 0 Å². The van der Waals surface area contributed by atoms with Gasteiger partial charge in [-0.3, -0.25) is 0 Å². The zero-order valence-electron chi connectivity index (χ0n) is 11.9. The fraction of sp³-hybridized carbons (Fsp3) is 0.750. The van der Waals surface area contributed by atoms with E-state index in [1.54, 1.807) is 0 Å². The quantitative estimate of drug-likeness (QED) is 0.778. The molecule has 2 unspecified atom stereocenters. The first-order valence-electron chi connectivity index (χ1n) is 7.75. The Morgan fingerprint density at radius 3 is 2.53 bits per heavy atom. The molecule has 0 bridgehead atoms. The van der Waals surface area contributed by atoms with Gasteiger partial charge in [0.15, 0.2) is 11.5 Å². The van der Waals surface area contributed by atoms with E-state index < -0.39 is 0 Å². The van der Waals surface area contributed by atoms with Gasteiger partial charge in [0.2, 0.25) is 0 Å². The Morgan fingerprint density at radius 1 is 1.11 bits per heavy atom. The monoisotopic (exact) mass is 263 g/mol. The van der Waals surface area contributed by atoms with Gasteiger partial charge in [-0.25, -0.2) is 0 Å². The van der Waals surface area contributed by atoms with Crippen LogP contribution in [0.5, 0.6) is 0 Å². The summed E-state index contributed by atoms with van der Waals surface area (Å²) >= 11 is 0. The Morgan fingerprint density at radius 2 is 1.79 bits per heavy atom. The number of rotatable bonds is 4. The Bertz CT molecular complexity index is 369. The third kappa shape index (κ3) is 3.14. The predicted molar refractivity (Wildman–Crippen MR) is 75.6 cm³/mol. The molecule has 106 valence electrons. The fourth-order valence-electron chi connectivity index (χ4n) is 3.32. The first-order valence-corrected chi connectivity index (χ1v) is 7.75. The van der Waals surface area contributed by atoms with Crippen LogP contribution in [0.15, 0.2) is 23.7 Å². The summed E-state index contributed by atoms with van der Waals surface area (Å²) in [5.41, 5.74) is 0. The highest BCUT2D eigenvalue weighted by atomic mass is 16.6. The van der Waals surface area contributed by atoms with Gasteiger partial charge >= 0.3 is 0 Å². The molecule has 0 aromatic carbocycles. The van der Waals surface area contributed by atoms with Crippen molar-refractivity contribution in [3.8, 4) is 0 Å². The molecule has 0 N–H and O–H groups in total. The van der Waals surface area contributed by atoms with Crippen LogP contribution in [0.4, 0.5) is 0 Å². The molecule has 19 heavy (non-hydrogen) atoms. The van der Waals surface area contributed by atoms with Crippen LogP contribution in [0.3, 0.4) is 0 Å². The lowest BCUT2D eigenvalue weighted by Gasteiger charge is -2.30. The number of nitrogens with zero attached hydrogens (tertiary/aromatic N) is 1. The minimum Gasteiger partial charge on any atom is -0.486 e. The van der Waals surface area contributed by atoms with E-state index in [9.17, 15) is 0 Å². The molecule has 3 heteroatoms. The van der Waals surface area contributed by atoms with Gasteiger partial charge in [0, 0.05) is 0 Å². The lowest BCUT2D eigenvalue weighted by molar-refractivity contribution is 0.0532. The summed E-state index contributed by atoms with van der Waals surface area (Å²) in [5, 5.41) is 0. The van der Waals surface area contributed by atoms with Crippen molar-refractivity contribution in [2.45, 2.75) is 32.6 Å². The summed E-state index contributed by atoms with van der Waals surface area (Å²) in [7, 11) is 0. The van der Waals surface area contributed by atoms with Crippen LogP contribution in [0, 0.1) is 11.8 Å². The Labute approximate surface area is 116 Å². The number of hydrogen-bond acceptors (Lipinski definition) is 3. The molecule has 1 aliphatic carbocycles. The molecule has 0 aromatic heterocycles. The molecule has 0 saturated carbocycles. The Hall–Kier alpha value is -0.960. The van der Waals surface area contributed by atoms with Crippen LogP contribution in [0.25, 0.3) is 0 Å². The molecule has 0 aromatic rings. The molecular weight excluding hydrogens is 238 g/mol. The second kappa shape index (κ2) is 6.00. The molecule has 0 spiro atoms. The zero-order chi connectivity index (χ0) is 13.1. The van der Waals surface area contributed by atoms with E-state index in [0.29, 0.717) is 25.0 Å². The summed E-state index contributed by atoms with van der Waals surface area (Å²) in [6.45, 7) is 7.55. The third-order valence-electron chi connectivity index (χ3n) is 4.51. The van der Waals surface area contributed by atoms with E-state index in [0.717, 1.165) is 11.5 Å². The summed E-state index contributed by atoms with van der Waals surface area (Å²) < 4.78 is 11.3. The second-order valence-electron chi connectivity index (χ2n) is 5.97. The molecule has 3 nitrogen and oxygen atoms in total. The smallest absolute Gasteiger partial charge is 0.157 e. The molecule has 2 heterocycles. The molecule has 2 aliphatic heterocycles. The number of ether oxygens (including phenoxy) is 2. The van der Waals surface area contributed by atoms with E-state index in [1.165, 1.54) is 45.3 Å². The minimum atomic E-state index is 0.569. The highest BCUT2D eigenvalue weighted by Crippen LogP contribution is 2.33. The third-order valence-corrected chi connectivity index (χ3v) is 4.51. The van der Waals surface area contributed by atoms with E-state index in [2.05, 4.69) is 24.0 Å². The first kappa shape index (κ1) is 13.0. The largest absolute Gasteiger partial charge is 0.486 e. The van der Waals surface area contributed by atoms with Crippen molar-refractivity contribution < 1.29 is 9.47 Å². The highest BCUT2D eigenvalue weighted by molar-refractivity contribution is 5.27. The SMILES string of the molecule is CC1C=C2OCCOC2=CC1CCCN1CCCC1. The number of hydrogen-bond donors (Lipinski definition) is 0. The number of likely N-dealkylation sites (tertiary alicyclic amines) is 1. The van der Waals surface area contributed by atoms with Gasteiger partial charge in [0.25, 0.3) is 0 Å². The van der Waals surface area contributed by atoms with Crippen LogP contribution >= 0.6 is 0 Å². The average Bonchev–Trinajstić information content (AvgIpc) is 2.92. The number of fused-ring (bicyclic) bond motifs is 1. The Balaban J connectivity index is 1.50. The molecule has 2 saturated heterocycles. The highest BCUT2D eigenvalue weighted by Gasteiger charge is 2.26. The standard InChI is InChI=1S/C16H25NO2/c1-13-11-15-16(19-10-9-18-15)12-14(13)5-4-8-17-6-2-3-7-17/h11-14H,2-10H2,1H3. The molecule has 3 rings (SSSR count). The number of allylic oxidation sites excluding steroid dienone is 2. The topological polar surface area (TPSA) is 21.7 Å². The fourth-order valence-corrected chi connectivity index (χ4v) is 3.32. The van der Waals surface area contributed by atoms with Crippen molar-refractivity contribution in [2.75, 3.05) is 32.8 Å². The molecule has 0 radical (unpaired) electrons. The summed E-state index contributed by atoms with van der Waals surface area (Å²) in [5.74, 6) is 3.13. The van der Waals surface area contributed by atoms with Crippen molar-refractivity contribution in [1.82, 2.24) is 4.90 Å². The van der Waals surface area contributed by atoms with Crippen molar-refractivity contribution in [3.05, 3.63) is 23.7 Å². The van der Waals surface area contributed by atoms with Crippen LogP contribution in [0.1, 0.15) is 32.6 Å². The van der Waals surface area contributed by atoms with Crippen molar-refractivity contribution in [3.63, 3.8) is 0 Å². The van der Waals surface area contributed by atoms with E-state index in [1.807, 2.05) is 0 Å². The second-order valence-corrected chi connectivity index (χ2v) is 5.97. The molecule has 3 aliphatic rings. The van der Waals surface area contributed by atoms with Crippen LogP contribution in [-0.4, -0.2) is 37.7 Å². The van der Waals surface area contributed by atoms with Gasteiger partial charge in [0.1, 0.15) is 13.2 Å². The van der Waals surface area contributed by atoms with Crippen molar-refractivity contribution in [2.24, 2.45) is 11.8 Å². The van der Waals surface area contributed by atoms with Crippen molar-refractivity contribution >= 4 is 0 Å². The molecule has 0 amide bonds. The summed E-state index contributed by atoms with van der Waals surface area (Å²) in [4.78, 5) is 2.60. The van der Waals surface area contributed by atoms with E-state index in [4.69, 9.17) is 9.47 Å². The molecular formula is C16H25NO2. The first-order chi connectivity index (χ1) is 9.33. The van der Waals surface area contributed by atoms with Gasteiger partial charge < -0.3 is 14.4 Å². The van der Waals surface area contributed by atoms with Gasteiger partial charge in [0.05, 0.1) is 0 Å². The van der Waals surface area contributed by atoms with Crippen LogP contribution in [0.2, 0.25) is 0 Å².